The highest BCUT2D eigenvalue weighted by Crippen LogP contribution is 2.31. The summed E-state index contributed by atoms with van der Waals surface area (Å²) in [5.41, 5.74) is 0.235. The normalized spacial score (nSPS) is 15.1. The molecule has 0 heterocycles. The van der Waals surface area contributed by atoms with Crippen molar-refractivity contribution >= 4 is 23.3 Å². The fourth-order valence-corrected chi connectivity index (χ4v) is 2.13. The Kier molecular flexibility index (Phi) is 4.83. The van der Waals surface area contributed by atoms with E-state index >= 15 is 0 Å². The number of nitro groups is 1. The molecule has 1 atom stereocenters. The molecule has 8 heteroatoms. The molecule has 0 spiro atoms. The van der Waals surface area contributed by atoms with Crippen molar-refractivity contribution in [3.63, 3.8) is 0 Å². The third-order valence-corrected chi connectivity index (χ3v) is 3.61. The number of nitrogens with zero attached hydrogens (tertiary/aromatic N) is 1. The van der Waals surface area contributed by atoms with Gasteiger partial charge in [0.15, 0.2) is 0 Å². The number of anilines is 1. The van der Waals surface area contributed by atoms with Crippen molar-refractivity contribution in [2.24, 2.45) is 5.92 Å². The highest BCUT2D eigenvalue weighted by Gasteiger charge is 2.27. The van der Waals surface area contributed by atoms with Gasteiger partial charge >= 0.3 is 5.97 Å². The third-order valence-electron chi connectivity index (χ3n) is 3.61. The minimum atomic E-state index is -1.14. The SMILES string of the molecule is CC(C)[C@H](NC(=O)c1ccc(NC2CC2)c([N+](=O)[O-])c1)C(=O)O. The maximum absolute atomic E-state index is 12.2. The van der Waals surface area contributed by atoms with Crippen molar-refractivity contribution in [3.05, 3.63) is 33.9 Å². The number of carbonyl (C=O) groups excluding carboxylic acids is 1. The average Bonchev–Trinajstić information content (AvgIpc) is 3.27. The van der Waals surface area contributed by atoms with Gasteiger partial charge in [-0.15, -0.1) is 0 Å². The Morgan fingerprint density at radius 2 is 2.00 bits per heavy atom. The van der Waals surface area contributed by atoms with Crippen molar-refractivity contribution in [2.45, 2.75) is 38.8 Å². The van der Waals surface area contributed by atoms with Crippen molar-refractivity contribution in [2.75, 3.05) is 5.32 Å². The molecule has 1 aromatic rings. The van der Waals surface area contributed by atoms with Crippen molar-refractivity contribution in [3.8, 4) is 0 Å². The number of carboxylic acids is 1. The summed E-state index contributed by atoms with van der Waals surface area (Å²) in [6.45, 7) is 3.34. The van der Waals surface area contributed by atoms with E-state index < -0.39 is 22.8 Å². The van der Waals surface area contributed by atoms with Gasteiger partial charge in [-0.2, -0.15) is 0 Å². The lowest BCUT2D eigenvalue weighted by molar-refractivity contribution is -0.384. The summed E-state index contributed by atoms with van der Waals surface area (Å²) in [6.07, 6.45) is 1.93. The molecule has 2 rings (SSSR count). The molecule has 8 nitrogen and oxygen atoms in total. The van der Waals surface area contributed by atoms with Crippen LogP contribution < -0.4 is 10.6 Å². The fourth-order valence-electron chi connectivity index (χ4n) is 2.13. The maximum Gasteiger partial charge on any atom is 0.326 e. The molecule has 0 unspecified atom stereocenters. The summed E-state index contributed by atoms with van der Waals surface area (Å²) >= 11 is 0. The van der Waals surface area contributed by atoms with E-state index in [1.165, 1.54) is 18.2 Å². The van der Waals surface area contributed by atoms with Gasteiger partial charge in [0.25, 0.3) is 11.6 Å². The Morgan fingerprint density at radius 1 is 1.35 bits per heavy atom. The lowest BCUT2D eigenvalue weighted by Crippen LogP contribution is -2.44. The first-order valence-electron chi connectivity index (χ1n) is 7.38. The van der Waals surface area contributed by atoms with E-state index in [1.807, 2.05) is 0 Å². The van der Waals surface area contributed by atoms with Crippen LogP contribution in [0, 0.1) is 16.0 Å². The Balaban J connectivity index is 2.21. The van der Waals surface area contributed by atoms with Gasteiger partial charge in [0.05, 0.1) is 4.92 Å². The molecule has 0 aromatic heterocycles. The number of benzene rings is 1. The highest BCUT2D eigenvalue weighted by atomic mass is 16.6. The number of aliphatic carboxylic acids is 1. The van der Waals surface area contributed by atoms with Crippen molar-refractivity contribution < 1.29 is 19.6 Å². The molecule has 23 heavy (non-hydrogen) atoms. The van der Waals surface area contributed by atoms with E-state index in [1.54, 1.807) is 13.8 Å². The van der Waals surface area contributed by atoms with Crippen LogP contribution >= 0.6 is 0 Å². The van der Waals surface area contributed by atoms with E-state index in [4.69, 9.17) is 5.11 Å². The second-order valence-electron chi connectivity index (χ2n) is 5.94. The first kappa shape index (κ1) is 16.7. The van der Waals surface area contributed by atoms with Gasteiger partial charge in [0.2, 0.25) is 0 Å². The number of carbonyl (C=O) groups is 2. The van der Waals surface area contributed by atoms with Crippen LogP contribution in [-0.4, -0.2) is 34.0 Å². The molecule has 1 aromatic carbocycles. The Hall–Kier alpha value is -2.64. The predicted molar refractivity (Wildman–Crippen MR) is 83.5 cm³/mol. The number of nitrogens with one attached hydrogen (secondary N) is 2. The fraction of sp³-hybridized carbons (Fsp3) is 0.467. The molecule has 124 valence electrons. The summed E-state index contributed by atoms with van der Waals surface area (Å²) < 4.78 is 0. The molecule has 3 N–H and O–H groups in total. The summed E-state index contributed by atoms with van der Waals surface area (Å²) in [7, 11) is 0. The van der Waals surface area contributed by atoms with Crippen LogP contribution in [0.5, 0.6) is 0 Å². The van der Waals surface area contributed by atoms with E-state index in [0.29, 0.717) is 5.69 Å². The number of rotatable bonds is 7. The first-order chi connectivity index (χ1) is 10.8. The van der Waals surface area contributed by atoms with Crippen LogP contribution in [0.4, 0.5) is 11.4 Å². The Morgan fingerprint density at radius 3 is 2.48 bits per heavy atom. The van der Waals surface area contributed by atoms with E-state index in [9.17, 15) is 19.7 Å². The molecule has 0 bridgehead atoms. The molecule has 1 fully saturated rings. The largest absolute Gasteiger partial charge is 0.480 e. The monoisotopic (exact) mass is 321 g/mol. The lowest BCUT2D eigenvalue weighted by atomic mass is 10.0. The second-order valence-corrected chi connectivity index (χ2v) is 5.94. The molecule has 1 aliphatic carbocycles. The zero-order valence-corrected chi connectivity index (χ0v) is 12.9. The molecule has 0 radical (unpaired) electrons. The second kappa shape index (κ2) is 6.64. The number of nitro benzene ring substituents is 1. The molecular weight excluding hydrogens is 302 g/mol. The van der Waals surface area contributed by atoms with Gasteiger partial charge in [0, 0.05) is 17.7 Å². The molecule has 0 aliphatic heterocycles. The van der Waals surface area contributed by atoms with Crippen LogP contribution in [0.25, 0.3) is 0 Å². The van der Waals surface area contributed by atoms with Crippen LogP contribution in [0.1, 0.15) is 37.0 Å². The summed E-state index contributed by atoms with van der Waals surface area (Å²) in [5.74, 6) is -2.09. The molecule has 1 amide bonds. The zero-order chi connectivity index (χ0) is 17.1. The minimum Gasteiger partial charge on any atom is -0.480 e. The van der Waals surface area contributed by atoms with Gasteiger partial charge in [-0.3, -0.25) is 14.9 Å². The number of carboxylic acid groups (broad SMARTS) is 1. The van der Waals surface area contributed by atoms with Gasteiger partial charge in [-0.1, -0.05) is 13.8 Å². The summed E-state index contributed by atoms with van der Waals surface area (Å²) in [4.78, 5) is 33.9. The minimum absolute atomic E-state index is 0.0601. The number of amides is 1. The molecular formula is C15H19N3O5. The van der Waals surface area contributed by atoms with Crippen LogP contribution in [0.15, 0.2) is 18.2 Å². The molecule has 0 saturated heterocycles. The molecule has 1 saturated carbocycles. The van der Waals surface area contributed by atoms with Crippen molar-refractivity contribution in [1.29, 1.82) is 0 Å². The van der Waals surface area contributed by atoms with Crippen LogP contribution in [0.2, 0.25) is 0 Å². The average molecular weight is 321 g/mol. The smallest absolute Gasteiger partial charge is 0.326 e. The topological polar surface area (TPSA) is 122 Å². The quantitative estimate of drug-likeness (QED) is 0.521. The first-order valence-corrected chi connectivity index (χ1v) is 7.38. The van der Waals surface area contributed by atoms with Crippen LogP contribution in [-0.2, 0) is 4.79 Å². The highest BCUT2D eigenvalue weighted by molar-refractivity contribution is 5.97. The van der Waals surface area contributed by atoms with Gasteiger partial charge < -0.3 is 15.7 Å². The number of hydrogen-bond acceptors (Lipinski definition) is 5. The Labute approximate surface area is 133 Å². The summed E-state index contributed by atoms with van der Waals surface area (Å²) in [6, 6.07) is 3.29. The van der Waals surface area contributed by atoms with E-state index in [-0.39, 0.29) is 23.2 Å². The summed E-state index contributed by atoms with van der Waals surface area (Å²) in [5, 5.41) is 25.7. The standard InChI is InChI=1S/C15H19N3O5/c1-8(2)13(15(20)21)17-14(19)9-3-6-11(16-10-4-5-10)12(7-9)18(22)23/h3,6-8,10,13,16H,4-5H2,1-2H3,(H,17,19)(H,20,21)/t13-/m0/s1. The van der Waals surface area contributed by atoms with Gasteiger partial charge in [-0.05, 0) is 30.9 Å². The van der Waals surface area contributed by atoms with E-state index in [0.717, 1.165) is 12.8 Å². The number of hydrogen-bond donors (Lipinski definition) is 3. The molecule has 1 aliphatic rings. The van der Waals surface area contributed by atoms with Gasteiger partial charge in [-0.25, -0.2) is 4.79 Å². The zero-order valence-electron chi connectivity index (χ0n) is 12.9. The van der Waals surface area contributed by atoms with Gasteiger partial charge in [0.1, 0.15) is 11.7 Å². The third kappa shape index (κ3) is 4.18. The van der Waals surface area contributed by atoms with E-state index in [2.05, 4.69) is 10.6 Å². The van der Waals surface area contributed by atoms with Crippen molar-refractivity contribution in [1.82, 2.24) is 5.32 Å². The predicted octanol–water partition coefficient (Wildman–Crippen LogP) is 2.01. The maximum atomic E-state index is 12.2. The Bertz CT molecular complexity index is 640. The lowest BCUT2D eigenvalue weighted by Gasteiger charge is -2.18. The van der Waals surface area contributed by atoms with Crippen LogP contribution in [0.3, 0.4) is 0 Å².